The van der Waals surface area contributed by atoms with Crippen molar-refractivity contribution < 1.29 is 22.5 Å². The smallest absolute Gasteiger partial charge is 0.339 e. The Labute approximate surface area is 151 Å². The fourth-order valence-electron chi connectivity index (χ4n) is 2.39. The molecule has 0 aliphatic carbocycles. The zero-order chi connectivity index (χ0) is 18.7. The molecule has 1 N–H and O–H groups in total. The molecule has 3 aromatic carbocycles. The molecule has 0 amide bonds. The third-order valence-electron chi connectivity index (χ3n) is 3.84. The maximum absolute atomic E-state index is 12.3. The predicted octanol–water partition coefficient (Wildman–Crippen LogP) is 4.13. The minimum atomic E-state index is -3.89. The molecule has 0 bridgehead atoms. The van der Waals surface area contributed by atoms with Crippen LogP contribution in [-0.4, -0.2) is 19.5 Å². The summed E-state index contributed by atoms with van der Waals surface area (Å²) in [5.74, 6) is -0.780. The van der Waals surface area contributed by atoms with Gasteiger partial charge in [-0.2, -0.15) is 8.42 Å². The third-order valence-corrected chi connectivity index (χ3v) is 5.10. The molecule has 5 nitrogen and oxygen atoms in total. The van der Waals surface area contributed by atoms with Crippen LogP contribution in [0.15, 0.2) is 77.7 Å². The van der Waals surface area contributed by atoms with E-state index >= 15 is 0 Å². The van der Waals surface area contributed by atoms with Gasteiger partial charge in [-0.05, 0) is 54.4 Å². The number of benzene rings is 3. The van der Waals surface area contributed by atoms with Gasteiger partial charge in [-0.25, -0.2) is 4.79 Å². The number of rotatable bonds is 5. The number of carboxylic acids is 1. The molecule has 0 aliphatic rings. The van der Waals surface area contributed by atoms with E-state index in [4.69, 9.17) is 9.29 Å². The van der Waals surface area contributed by atoms with Crippen molar-refractivity contribution >= 4 is 16.1 Å². The number of carboxylic acid groups (broad SMARTS) is 1. The Morgan fingerprint density at radius 1 is 0.808 bits per heavy atom. The van der Waals surface area contributed by atoms with E-state index in [1.54, 1.807) is 48.5 Å². The molecule has 0 saturated heterocycles. The van der Waals surface area contributed by atoms with Crippen molar-refractivity contribution in [2.24, 2.45) is 0 Å². The maximum atomic E-state index is 12.3. The second kappa shape index (κ2) is 7.01. The van der Waals surface area contributed by atoms with Crippen molar-refractivity contribution in [2.45, 2.75) is 11.8 Å². The first kappa shape index (κ1) is 17.7. The number of aromatic carboxylic acids is 1. The highest BCUT2D eigenvalue weighted by Gasteiger charge is 2.16. The van der Waals surface area contributed by atoms with Crippen LogP contribution in [0.5, 0.6) is 5.75 Å². The normalized spacial score (nSPS) is 11.1. The van der Waals surface area contributed by atoms with E-state index in [2.05, 4.69) is 0 Å². The van der Waals surface area contributed by atoms with E-state index in [0.717, 1.165) is 16.7 Å². The van der Waals surface area contributed by atoms with E-state index in [-0.39, 0.29) is 16.2 Å². The van der Waals surface area contributed by atoms with Crippen LogP contribution in [0.1, 0.15) is 15.9 Å². The fraction of sp³-hybridized carbons (Fsp3) is 0.0500. The summed E-state index contributed by atoms with van der Waals surface area (Å²) in [4.78, 5) is 11.0. The van der Waals surface area contributed by atoms with Crippen molar-refractivity contribution in [1.82, 2.24) is 0 Å². The molecule has 0 radical (unpaired) electrons. The van der Waals surface area contributed by atoms with Gasteiger partial charge in [0.05, 0.1) is 5.56 Å². The van der Waals surface area contributed by atoms with Crippen molar-refractivity contribution in [3.63, 3.8) is 0 Å². The van der Waals surface area contributed by atoms with Crippen molar-refractivity contribution in [2.75, 3.05) is 0 Å². The lowest BCUT2D eigenvalue weighted by Gasteiger charge is -2.08. The minimum Gasteiger partial charge on any atom is -0.478 e. The van der Waals surface area contributed by atoms with Gasteiger partial charge in [-0.15, -0.1) is 0 Å². The Hall–Kier alpha value is -3.12. The lowest BCUT2D eigenvalue weighted by atomic mass is 10.0. The molecule has 0 heterocycles. The third kappa shape index (κ3) is 3.92. The van der Waals surface area contributed by atoms with Crippen LogP contribution in [0.3, 0.4) is 0 Å². The van der Waals surface area contributed by atoms with Crippen LogP contribution in [0.25, 0.3) is 11.1 Å². The molecular weight excluding hydrogens is 352 g/mol. The number of hydrogen-bond acceptors (Lipinski definition) is 4. The van der Waals surface area contributed by atoms with E-state index in [1.807, 2.05) is 6.92 Å². The second-order valence-electron chi connectivity index (χ2n) is 5.76. The number of hydrogen-bond donors (Lipinski definition) is 1. The van der Waals surface area contributed by atoms with Crippen molar-refractivity contribution in [1.29, 1.82) is 0 Å². The summed E-state index contributed by atoms with van der Waals surface area (Å²) < 4.78 is 29.7. The average molecular weight is 368 g/mol. The molecule has 132 valence electrons. The Kier molecular flexibility index (Phi) is 4.77. The summed E-state index contributed by atoms with van der Waals surface area (Å²) in [6.45, 7) is 1.87. The quantitative estimate of drug-likeness (QED) is 0.685. The van der Waals surface area contributed by atoms with Gasteiger partial charge in [-0.3, -0.25) is 0 Å². The molecule has 3 aromatic rings. The summed E-state index contributed by atoms with van der Waals surface area (Å²) in [5.41, 5.74) is 2.81. The summed E-state index contributed by atoms with van der Waals surface area (Å²) >= 11 is 0. The van der Waals surface area contributed by atoms with Gasteiger partial charge in [0.25, 0.3) is 0 Å². The van der Waals surface area contributed by atoms with Gasteiger partial charge in [0.2, 0.25) is 0 Å². The Morgan fingerprint density at radius 2 is 1.31 bits per heavy atom. The van der Waals surface area contributed by atoms with E-state index < -0.39 is 16.1 Å². The first-order chi connectivity index (χ1) is 12.3. The van der Waals surface area contributed by atoms with Crippen LogP contribution in [0, 0.1) is 6.92 Å². The van der Waals surface area contributed by atoms with E-state index in [1.165, 1.54) is 24.3 Å². The molecule has 0 aliphatic heterocycles. The van der Waals surface area contributed by atoms with E-state index in [0.29, 0.717) is 0 Å². The van der Waals surface area contributed by atoms with Gasteiger partial charge in [0.1, 0.15) is 10.6 Å². The molecule has 3 rings (SSSR count). The maximum Gasteiger partial charge on any atom is 0.339 e. The van der Waals surface area contributed by atoms with Gasteiger partial charge >= 0.3 is 16.1 Å². The van der Waals surface area contributed by atoms with Gasteiger partial charge in [-0.1, -0.05) is 42.0 Å². The highest BCUT2D eigenvalue weighted by Crippen LogP contribution is 2.25. The zero-order valence-corrected chi connectivity index (χ0v) is 14.7. The highest BCUT2D eigenvalue weighted by molar-refractivity contribution is 7.87. The topological polar surface area (TPSA) is 80.7 Å². The first-order valence-corrected chi connectivity index (χ1v) is 9.21. The summed E-state index contributed by atoms with van der Waals surface area (Å²) in [6.07, 6.45) is 0. The standard InChI is InChI=1S/C20H16O5S/c1-14-2-12-19(13-3-14)26(23,24)25-18-10-8-16(9-11-18)15-4-6-17(7-5-15)20(21)22/h2-13H,1H3,(H,21,22). The van der Waals surface area contributed by atoms with Crippen LogP contribution < -0.4 is 4.18 Å². The molecule has 0 spiro atoms. The monoisotopic (exact) mass is 368 g/mol. The van der Waals surface area contributed by atoms with Gasteiger partial charge in [0, 0.05) is 0 Å². The van der Waals surface area contributed by atoms with Crippen molar-refractivity contribution in [3.05, 3.63) is 83.9 Å². The molecule has 0 aromatic heterocycles. The second-order valence-corrected chi connectivity index (χ2v) is 7.30. The highest BCUT2D eigenvalue weighted by atomic mass is 32.2. The average Bonchev–Trinajstić information content (AvgIpc) is 2.62. The molecule has 6 heteroatoms. The van der Waals surface area contributed by atoms with Crippen LogP contribution >= 0.6 is 0 Å². The molecule has 26 heavy (non-hydrogen) atoms. The summed E-state index contributed by atoms with van der Waals surface area (Å²) in [7, 11) is -3.89. The molecule has 0 saturated carbocycles. The number of carbonyl (C=O) groups is 1. The Morgan fingerprint density at radius 3 is 1.81 bits per heavy atom. The number of aryl methyl sites for hydroxylation is 1. The van der Waals surface area contributed by atoms with Crippen LogP contribution in [-0.2, 0) is 10.1 Å². The molecule has 0 atom stereocenters. The SMILES string of the molecule is Cc1ccc(S(=O)(=O)Oc2ccc(-c3ccc(C(=O)O)cc3)cc2)cc1. The molecule has 0 fully saturated rings. The largest absolute Gasteiger partial charge is 0.478 e. The van der Waals surface area contributed by atoms with Crippen molar-refractivity contribution in [3.8, 4) is 16.9 Å². The summed E-state index contributed by atoms with van der Waals surface area (Å²) in [5, 5.41) is 8.93. The van der Waals surface area contributed by atoms with Gasteiger partial charge in [0.15, 0.2) is 0 Å². The lowest BCUT2D eigenvalue weighted by Crippen LogP contribution is -2.09. The Bertz CT molecular complexity index is 1020. The van der Waals surface area contributed by atoms with Crippen LogP contribution in [0.2, 0.25) is 0 Å². The summed E-state index contributed by atoms with van der Waals surface area (Å²) in [6, 6.07) is 19.4. The predicted molar refractivity (Wildman–Crippen MR) is 97.8 cm³/mol. The van der Waals surface area contributed by atoms with E-state index in [9.17, 15) is 13.2 Å². The van der Waals surface area contributed by atoms with Gasteiger partial charge < -0.3 is 9.29 Å². The van der Waals surface area contributed by atoms with Crippen LogP contribution in [0.4, 0.5) is 0 Å². The minimum absolute atomic E-state index is 0.0939. The molecular formula is C20H16O5S. The zero-order valence-electron chi connectivity index (χ0n) is 13.9. The molecule has 0 unspecified atom stereocenters. The Balaban J connectivity index is 1.79. The fourth-order valence-corrected chi connectivity index (χ4v) is 3.32. The first-order valence-electron chi connectivity index (χ1n) is 7.80. The lowest BCUT2D eigenvalue weighted by molar-refractivity contribution is 0.0697.